The van der Waals surface area contributed by atoms with Gasteiger partial charge in [-0.15, -0.1) is 0 Å². The molecule has 3 heteroatoms. The summed E-state index contributed by atoms with van der Waals surface area (Å²) in [6.45, 7) is 18.1. The van der Waals surface area contributed by atoms with E-state index < -0.39 is 0 Å². The third-order valence-corrected chi connectivity index (χ3v) is 10.3. The highest BCUT2D eigenvalue weighted by Crippen LogP contribution is 2.48. The molecule has 2 heterocycles. The molecular formula is C45H43BN2. The largest absolute Gasteiger partial charge is 0.311 e. The number of fused-ring (bicyclic) bond motifs is 4. The Labute approximate surface area is 286 Å². The maximum atomic E-state index is 2.57. The lowest BCUT2D eigenvalue weighted by Crippen LogP contribution is -2.61. The predicted molar refractivity (Wildman–Crippen MR) is 208 cm³/mol. The van der Waals surface area contributed by atoms with Crippen LogP contribution >= 0.6 is 0 Å². The van der Waals surface area contributed by atoms with Gasteiger partial charge in [0.15, 0.2) is 0 Å². The molecule has 0 unspecified atom stereocenters. The van der Waals surface area contributed by atoms with Crippen LogP contribution in [0.2, 0.25) is 0 Å². The number of hydrogen-bond acceptors (Lipinski definition) is 2. The fourth-order valence-corrected chi connectivity index (χ4v) is 7.72. The number of nitrogens with zero attached hydrogens (tertiary/aromatic N) is 2. The van der Waals surface area contributed by atoms with Crippen LogP contribution in [0.5, 0.6) is 0 Å². The van der Waals surface area contributed by atoms with Gasteiger partial charge < -0.3 is 9.80 Å². The van der Waals surface area contributed by atoms with E-state index in [9.17, 15) is 0 Å². The SMILES string of the molecule is Cc1ccc(-c2cc(C)ccc2N2c3ccc(C)cc3B3c4cc(C)ccc4N(c4ccc(C)cc4)c4cc(C(C)(C)C)cc2c43)cc1. The van der Waals surface area contributed by atoms with Crippen LogP contribution in [0.3, 0.4) is 0 Å². The van der Waals surface area contributed by atoms with E-state index >= 15 is 0 Å². The molecule has 8 rings (SSSR count). The second kappa shape index (κ2) is 11.0. The van der Waals surface area contributed by atoms with Crippen molar-refractivity contribution >= 4 is 57.2 Å². The van der Waals surface area contributed by atoms with E-state index in [1.807, 2.05) is 0 Å². The van der Waals surface area contributed by atoms with Crippen molar-refractivity contribution in [3.63, 3.8) is 0 Å². The standard InChI is InChI=1S/C45H43BN2/c1-28-9-16-33(17-10-28)36-23-30(3)13-20-39(36)48-41-22-15-32(5)25-38(41)46-37-24-31(4)14-21-40(37)47(35-18-11-29(2)12-19-35)42-26-34(45(6,7)8)27-43(48)44(42)46/h9-27H,1-8H3. The number of aryl methyl sites for hydroxylation is 5. The molecule has 0 saturated carbocycles. The molecular weight excluding hydrogens is 579 g/mol. The van der Waals surface area contributed by atoms with Gasteiger partial charge in [-0.05, 0) is 116 Å². The topological polar surface area (TPSA) is 6.48 Å². The van der Waals surface area contributed by atoms with Gasteiger partial charge in [-0.25, -0.2) is 0 Å². The molecule has 0 fully saturated rings. The van der Waals surface area contributed by atoms with Crippen LogP contribution in [0.4, 0.5) is 34.1 Å². The molecule has 2 aliphatic heterocycles. The molecule has 2 aliphatic rings. The molecule has 0 atom stereocenters. The first-order valence-electron chi connectivity index (χ1n) is 17.2. The number of benzene rings is 6. The maximum absolute atomic E-state index is 2.57. The van der Waals surface area contributed by atoms with E-state index in [1.165, 1.54) is 95.0 Å². The highest BCUT2D eigenvalue weighted by atomic mass is 15.2. The van der Waals surface area contributed by atoms with Crippen LogP contribution in [0.25, 0.3) is 11.1 Å². The zero-order chi connectivity index (χ0) is 33.5. The minimum atomic E-state index is -0.0557. The summed E-state index contributed by atoms with van der Waals surface area (Å²) in [5.74, 6) is 0. The van der Waals surface area contributed by atoms with E-state index in [2.05, 4.69) is 180 Å². The number of anilines is 6. The first-order valence-corrected chi connectivity index (χ1v) is 17.2. The molecule has 0 bridgehead atoms. The van der Waals surface area contributed by atoms with Crippen molar-refractivity contribution in [2.75, 3.05) is 9.80 Å². The zero-order valence-corrected chi connectivity index (χ0v) is 29.4. The smallest absolute Gasteiger partial charge is 0.252 e. The minimum Gasteiger partial charge on any atom is -0.311 e. The fraction of sp³-hybridized carbons (Fsp3) is 0.200. The molecule has 6 aromatic carbocycles. The molecule has 0 saturated heterocycles. The third kappa shape index (κ3) is 4.87. The van der Waals surface area contributed by atoms with Crippen LogP contribution in [0.1, 0.15) is 54.2 Å². The van der Waals surface area contributed by atoms with Crippen LogP contribution < -0.4 is 26.2 Å². The van der Waals surface area contributed by atoms with E-state index in [0.717, 1.165) is 0 Å². The number of hydrogen-bond donors (Lipinski definition) is 0. The molecule has 0 radical (unpaired) electrons. The molecule has 0 N–H and O–H groups in total. The summed E-state index contributed by atoms with van der Waals surface area (Å²) in [6, 6.07) is 44.1. The Morgan fingerprint density at radius 3 is 1.46 bits per heavy atom. The van der Waals surface area contributed by atoms with E-state index in [-0.39, 0.29) is 12.1 Å². The van der Waals surface area contributed by atoms with Crippen molar-refractivity contribution in [2.45, 2.75) is 60.8 Å². The van der Waals surface area contributed by atoms with E-state index in [0.29, 0.717) is 0 Å². The lowest BCUT2D eigenvalue weighted by molar-refractivity contribution is 0.590. The normalized spacial score (nSPS) is 13.3. The van der Waals surface area contributed by atoms with Crippen LogP contribution in [-0.2, 0) is 5.41 Å². The van der Waals surface area contributed by atoms with Gasteiger partial charge in [-0.1, -0.05) is 115 Å². The molecule has 0 amide bonds. The summed E-state index contributed by atoms with van der Waals surface area (Å²) in [5.41, 5.74) is 21.6. The highest BCUT2D eigenvalue weighted by Gasteiger charge is 2.44. The predicted octanol–water partition coefficient (Wildman–Crippen LogP) is 10.3. The highest BCUT2D eigenvalue weighted by molar-refractivity contribution is 7.00. The molecule has 0 spiro atoms. The second-order valence-electron chi connectivity index (χ2n) is 15.1. The fourth-order valence-electron chi connectivity index (χ4n) is 7.72. The molecule has 236 valence electrons. The van der Waals surface area contributed by atoms with Gasteiger partial charge in [0, 0.05) is 34.0 Å². The maximum Gasteiger partial charge on any atom is 0.252 e. The molecule has 2 nitrogen and oxygen atoms in total. The van der Waals surface area contributed by atoms with E-state index in [4.69, 9.17) is 0 Å². The Bertz CT molecular complexity index is 2220. The molecule has 0 aliphatic carbocycles. The van der Waals surface area contributed by atoms with Gasteiger partial charge in [-0.2, -0.15) is 0 Å². The zero-order valence-electron chi connectivity index (χ0n) is 29.4. The monoisotopic (exact) mass is 622 g/mol. The van der Waals surface area contributed by atoms with Crippen molar-refractivity contribution in [1.29, 1.82) is 0 Å². The Morgan fingerprint density at radius 2 is 0.896 bits per heavy atom. The second-order valence-corrected chi connectivity index (χ2v) is 15.1. The lowest BCUT2D eigenvalue weighted by atomic mass is 9.33. The van der Waals surface area contributed by atoms with E-state index in [1.54, 1.807) is 0 Å². The van der Waals surface area contributed by atoms with Crippen molar-refractivity contribution in [3.8, 4) is 11.1 Å². The Balaban J connectivity index is 1.51. The molecule has 6 aromatic rings. The molecule has 48 heavy (non-hydrogen) atoms. The van der Waals surface area contributed by atoms with Gasteiger partial charge in [0.05, 0.1) is 5.69 Å². The van der Waals surface area contributed by atoms with Crippen LogP contribution in [0, 0.1) is 34.6 Å². The summed E-state index contributed by atoms with van der Waals surface area (Å²) in [7, 11) is 0. The van der Waals surface area contributed by atoms with Crippen molar-refractivity contribution in [3.05, 3.63) is 149 Å². The quantitative estimate of drug-likeness (QED) is 0.181. The average molecular weight is 623 g/mol. The van der Waals surface area contributed by atoms with Crippen LogP contribution in [0.15, 0.2) is 115 Å². The Hall–Kier alpha value is -5.02. The van der Waals surface area contributed by atoms with Gasteiger partial charge in [-0.3, -0.25) is 0 Å². The Kier molecular flexibility index (Phi) is 6.96. The van der Waals surface area contributed by atoms with Gasteiger partial charge in [0.2, 0.25) is 0 Å². The summed E-state index contributed by atoms with van der Waals surface area (Å²) in [4.78, 5) is 5.09. The summed E-state index contributed by atoms with van der Waals surface area (Å²) in [6.07, 6.45) is 0. The third-order valence-electron chi connectivity index (χ3n) is 10.3. The Morgan fingerprint density at radius 1 is 0.438 bits per heavy atom. The van der Waals surface area contributed by atoms with Crippen molar-refractivity contribution in [1.82, 2.24) is 0 Å². The summed E-state index contributed by atoms with van der Waals surface area (Å²) in [5, 5.41) is 0. The van der Waals surface area contributed by atoms with Crippen molar-refractivity contribution < 1.29 is 0 Å². The van der Waals surface area contributed by atoms with Crippen molar-refractivity contribution in [2.24, 2.45) is 0 Å². The van der Waals surface area contributed by atoms with Gasteiger partial charge in [0.25, 0.3) is 6.71 Å². The summed E-state index contributed by atoms with van der Waals surface area (Å²) < 4.78 is 0. The van der Waals surface area contributed by atoms with Gasteiger partial charge >= 0.3 is 0 Å². The average Bonchev–Trinajstić information content (AvgIpc) is 3.05. The summed E-state index contributed by atoms with van der Waals surface area (Å²) >= 11 is 0. The minimum absolute atomic E-state index is 0.0557. The molecule has 0 aromatic heterocycles. The van der Waals surface area contributed by atoms with Crippen LogP contribution in [-0.4, -0.2) is 6.71 Å². The first kappa shape index (κ1) is 30.3. The number of rotatable bonds is 3. The van der Waals surface area contributed by atoms with Gasteiger partial charge in [0.1, 0.15) is 0 Å². The lowest BCUT2D eigenvalue weighted by Gasteiger charge is -2.45. The first-order chi connectivity index (χ1) is 23.0.